The van der Waals surface area contributed by atoms with Gasteiger partial charge in [0.05, 0.1) is 10.3 Å². The van der Waals surface area contributed by atoms with E-state index in [4.69, 9.17) is 0 Å². The number of ketones is 1. The number of hydrogen-bond donors (Lipinski definition) is 0. The fourth-order valence-electron chi connectivity index (χ4n) is 3.36. The molecule has 4 heteroatoms. The molecule has 0 spiro atoms. The van der Waals surface area contributed by atoms with Crippen molar-refractivity contribution in [1.82, 2.24) is 0 Å². The fraction of sp³-hybridized carbons (Fsp3) is 0.167. The molecule has 3 aromatic rings. The van der Waals surface area contributed by atoms with Crippen molar-refractivity contribution < 1.29 is 9.72 Å². The number of aryl methyl sites for hydroxylation is 1. The Hall–Kier alpha value is -2.75. The van der Waals surface area contributed by atoms with Gasteiger partial charge in [0.1, 0.15) is 0 Å². The summed E-state index contributed by atoms with van der Waals surface area (Å²) >= 11 is 0. The summed E-state index contributed by atoms with van der Waals surface area (Å²) in [7, 11) is 0. The highest BCUT2D eigenvalue weighted by molar-refractivity contribution is 6.14. The van der Waals surface area contributed by atoms with Crippen molar-refractivity contribution in [1.29, 1.82) is 0 Å². The van der Waals surface area contributed by atoms with E-state index in [-0.39, 0.29) is 16.4 Å². The van der Waals surface area contributed by atoms with Gasteiger partial charge in [0, 0.05) is 18.1 Å². The topological polar surface area (TPSA) is 60.2 Å². The van der Waals surface area contributed by atoms with Crippen LogP contribution in [0.15, 0.2) is 42.5 Å². The molecule has 0 aromatic heterocycles. The van der Waals surface area contributed by atoms with E-state index in [1.165, 1.54) is 0 Å². The van der Waals surface area contributed by atoms with Crippen LogP contribution in [0.4, 0.5) is 5.69 Å². The molecule has 0 saturated heterocycles. The minimum absolute atomic E-state index is 0.0647. The monoisotopic (exact) mass is 291 g/mol. The molecule has 0 saturated carbocycles. The highest BCUT2D eigenvalue weighted by Gasteiger charge is 2.22. The molecule has 0 bridgehead atoms. The minimum Gasteiger partial charge on any atom is -0.294 e. The molecule has 0 amide bonds. The first-order valence-electron chi connectivity index (χ1n) is 7.31. The molecular formula is C18H13NO3. The quantitative estimate of drug-likeness (QED) is 0.379. The zero-order valence-electron chi connectivity index (χ0n) is 11.8. The number of nitro benzene ring substituents is 1. The van der Waals surface area contributed by atoms with Gasteiger partial charge in [0.2, 0.25) is 0 Å². The molecule has 0 N–H and O–H groups in total. The lowest BCUT2D eigenvalue weighted by molar-refractivity contribution is -0.382. The second-order valence-corrected chi connectivity index (χ2v) is 5.71. The lowest BCUT2D eigenvalue weighted by atomic mass is 9.87. The van der Waals surface area contributed by atoms with Crippen LogP contribution in [-0.2, 0) is 6.42 Å². The number of rotatable bonds is 1. The van der Waals surface area contributed by atoms with E-state index in [0.717, 1.165) is 34.6 Å². The van der Waals surface area contributed by atoms with Crippen molar-refractivity contribution >= 4 is 33.0 Å². The molecule has 4 nitrogen and oxygen atoms in total. The van der Waals surface area contributed by atoms with Gasteiger partial charge in [-0.05, 0) is 46.7 Å². The molecule has 0 fully saturated rings. The van der Waals surface area contributed by atoms with Gasteiger partial charge < -0.3 is 0 Å². The average molecular weight is 291 g/mol. The van der Waals surface area contributed by atoms with Gasteiger partial charge in [-0.1, -0.05) is 24.3 Å². The number of nitro groups is 1. The zero-order chi connectivity index (χ0) is 15.3. The van der Waals surface area contributed by atoms with Gasteiger partial charge >= 0.3 is 0 Å². The lowest BCUT2D eigenvalue weighted by Crippen LogP contribution is -2.10. The lowest BCUT2D eigenvalue weighted by Gasteiger charge is -2.16. The maximum Gasteiger partial charge on any atom is 0.277 e. The van der Waals surface area contributed by atoms with E-state index in [9.17, 15) is 14.9 Å². The van der Waals surface area contributed by atoms with E-state index in [1.807, 2.05) is 30.3 Å². The van der Waals surface area contributed by atoms with Crippen LogP contribution in [0.3, 0.4) is 0 Å². The van der Waals surface area contributed by atoms with Crippen molar-refractivity contribution in [3.05, 3.63) is 63.7 Å². The Morgan fingerprint density at radius 1 is 0.955 bits per heavy atom. The number of benzene rings is 3. The summed E-state index contributed by atoms with van der Waals surface area (Å²) in [6.45, 7) is 0. The van der Waals surface area contributed by atoms with Gasteiger partial charge in [0.15, 0.2) is 5.78 Å². The maximum absolute atomic E-state index is 12.1. The summed E-state index contributed by atoms with van der Waals surface area (Å²) in [5, 5.41) is 14.7. The van der Waals surface area contributed by atoms with Crippen LogP contribution in [-0.4, -0.2) is 10.7 Å². The molecule has 0 atom stereocenters. The first kappa shape index (κ1) is 13.0. The number of Topliss-reactive ketones (excluding diaryl/α,β-unsaturated/α-hetero) is 1. The van der Waals surface area contributed by atoms with E-state index in [2.05, 4.69) is 0 Å². The van der Waals surface area contributed by atoms with Crippen LogP contribution < -0.4 is 0 Å². The molecule has 0 heterocycles. The van der Waals surface area contributed by atoms with Crippen LogP contribution in [0.25, 0.3) is 21.5 Å². The van der Waals surface area contributed by atoms with E-state index in [0.29, 0.717) is 17.4 Å². The van der Waals surface area contributed by atoms with Crippen molar-refractivity contribution in [3.8, 4) is 0 Å². The van der Waals surface area contributed by atoms with Crippen LogP contribution >= 0.6 is 0 Å². The molecule has 3 aromatic carbocycles. The Morgan fingerprint density at radius 2 is 1.77 bits per heavy atom. The highest BCUT2D eigenvalue weighted by atomic mass is 16.6. The molecule has 1 aliphatic rings. The van der Waals surface area contributed by atoms with E-state index in [1.54, 1.807) is 12.1 Å². The summed E-state index contributed by atoms with van der Waals surface area (Å²) in [6.07, 6.45) is 2.23. The van der Waals surface area contributed by atoms with Crippen LogP contribution in [0.5, 0.6) is 0 Å². The molecular weight excluding hydrogens is 278 g/mol. The third-order valence-electron chi connectivity index (χ3n) is 4.41. The summed E-state index contributed by atoms with van der Waals surface area (Å²) in [5.74, 6) is 0.0885. The Bertz CT molecular complexity index is 959. The Balaban J connectivity index is 2.19. The fourth-order valence-corrected chi connectivity index (χ4v) is 3.36. The van der Waals surface area contributed by atoms with Crippen LogP contribution in [0.1, 0.15) is 28.8 Å². The SMILES string of the molecule is O=C1CCCc2cc3c(cc21)c([N+](=O)[O-])cc1ccccc13. The van der Waals surface area contributed by atoms with Gasteiger partial charge in [-0.3, -0.25) is 14.9 Å². The van der Waals surface area contributed by atoms with E-state index >= 15 is 0 Å². The summed E-state index contributed by atoms with van der Waals surface area (Å²) < 4.78 is 0. The Morgan fingerprint density at radius 3 is 2.59 bits per heavy atom. The van der Waals surface area contributed by atoms with Gasteiger partial charge in [0.25, 0.3) is 5.69 Å². The third kappa shape index (κ3) is 1.80. The molecule has 108 valence electrons. The second-order valence-electron chi connectivity index (χ2n) is 5.71. The maximum atomic E-state index is 12.1. The van der Waals surface area contributed by atoms with Gasteiger partial charge in [-0.25, -0.2) is 0 Å². The molecule has 22 heavy (non-hydrogen) atoms. The minimum atomic E-state index is -0.367. The number of hydrogen-bond acceptors (Lipinski definition) is 3. The first-order valence-corrected chi connectivity index (χ1v) is 7.31. The average Bonchev–Trinajstić information content (AvgIpc) is 2.53. The van der Waals surface area contributed by atoms with Crippen molar-refractivity contribution in [2.45, 2.75) is 19.3 Å². The first-order chi connectivity index (χ1) is 10.6. The zero-order valence-corrected chi connectivity index (χ0v) is 11.8. The van der Waals surface area contributed by atoms with Gasteiger partial charge in [-0.15, -0.1) is 0 Å². The normalized spacial score (nSPS) is 14.3. The van der Waals surface area contributed by atoms with E-state index < -0.39 is 0 Å². The third-order valence-corrected chi connectivity index (χ3v) is 4.41. The number of nitrogens with zero attached hydrogens (tertiary/aromatic N) is 1. The summed E-state index contributed by atoms with van der Waals surface area (Å²) in [5.41, 5.74) is 1.72. The number of non-ortho nitro benzene ring substituents is 1. The molecule has 1 aliphatic carbocycles. The standard InChI is InChI=1S/C18H13NO3/c20-18-7-3-5-11-8-15-13-6-2-1-4-12(13)9-17(19(21)22)16(15)10-14(11)18/h1-2,4,6,8-10H,3,5,7H2. The predicted octanol–water partition coefficient (Wildman–Crippen LogP) is 4.42. The largest absolute Gasteiger partial charge is 0.294 e. The van der Waals surface area contributed by atoms with Crippen molar-refractivity contribution in [2.75, 3.05) is 0 Å². The van der Waals surface area contributed by atoms with Crippen LogP contribution in [0, 0.1) is 10.1 Å². The van der Waals surface area contributed by atoms with Crippen molar-refractivity contribution in [3.63, 3.8) is 0 Å². The molecule has 0 unspecified atom stereocenters. The molecule has 4 rings (SSSR count). The summed E-state index contributed by atoms with van der Waals surface area (Å²) in [4.78, 5) is 23.2. The summed E-state index contributed by atoms with van der Waals surface area (Å²) in [6, 6.07) is 12.9. The van der Waals surface area contributed by atoms with Crippen LogP contribution in [0.2, 0.25) is 0 Å². The molecule has 0 aliphatic heterocycles. The molecule has 0 radical (unpaired) electrons. The Labute approximate surface area is 126 Å². The van der Waals surface area contributed by atoms with Gasteiger partial charge in [-0.2, -0.15) is 0 Å². The number of carbonyl (C=O) groups is 1. The number of fused-ring (bicyclic) bond motifs is 4. The predicted molar refractivity (Wildman–Crippen MR) is 85.4 cm³/mol. The van der Waals surface area contributed by atoms with Crippen molar-refractivity contribution in [2.24, 2.45) is 0 Å². The smallest absolute Gasteiger partial charge is 0.277 e. The Kier molecular flexibility index (Phi) is 2.73. The number of carbonyl (C=O) groups excluding carboxylic acids is 1. The highest BCUT2D eigenvalue weighted by Crippen LogP contribution is 2.36. The second kappa shape index (κ2) is 4.63.